The minimum atomic E-state index is -0.0738. The van der Waals surface area contributed by atoms with Crippen molar-refractivity contribution in [1.29, 1.82) is 0 Å². The Balaban J connectivity index is 1.31. The molecule has 0 bridgehead atoms. The topological polar surface area (TPSA) is 57.3 Å². The highest BCUT2D eigenvalue weighted by molar-refractivity contribution is 5.81. The molecule has 0 saturated heterocycles. The molecular formula is C28H22N2O3. The van der Waals surface area contributed by atoms with Gasteiger partial charge in [-0.3, -0.25) is 4.79 Å². The first-order valence-corrected chi connectivity index (χ1v) is 10.7. The third-order valence-electron chi connectivity index (χ3n) is 5.37. The van der Waals surface area contributed by atoms with Gasteiger partial charge in [-0.1, -0.05) is 54.1 Å². The van der Waals surface area contributed by atoms with Crippen molar-refractivity contribution in [2.45, 2.75) is 13.5 Å². The lowest BCUT2D eigenvalue weighted by molar-refractivity contribution is 0.306. The molecule has 0 aliphatic carbocycles. The Bertz CT molecular complexity index is 1480. The van der Waals surface area contributed by atoms with Crippen molar-refractivity contribution in [1.82, 2.24) is 9.78 Å². The molecule has 0 aliphatic rings. The van der Waals surface area contributed by atoms with Crippen molar-refractivity contribution in [2.24, 2.45) is 0 Å². The van der Waals surface area contributed by atoms with Gasteiger partial charge in [0.2, 0.25) is 0 Å². The van der Waals surface area contributed by atoms with E-state index in [1.165, 1.54) is 11.8 Å². The molecule has 0 fully saturated rings. The summed E-state index contributed by atoms with van der Waals surface area (Å²) in [4.78, 5) is 12.9. The molecule has 0 aliphatic heterocycles. The second-order valence-corrected chi connectivity index (χ2v) is 7.84. The Morgan fingerprint density at radius 2 is 1.82 bits per heavy atom. The zero-order valence-corrected chi connectivity index (χ0v) is 18.1. The van der Waals surface area contributed by atoms with Gasteiger partial charge >= 0.3 is 0 Å². The number of aryl methyl sites for hydroxylation is 1. The summed E-state index contributed by atoms with van der Waals surface area (Å²) in [5.74, 6) is 0.626. The molecule has 33 heavy (non-hydrogen) atoms. The van der Waals surface area contributed by atoms with Crippen LogP contribution in [-0.4, -0.2) is 9.78 Å². The van der Waals surface area contributed by atoms with Crippen LogP contribution in [0, 0.1) is 6.92 Å². The number of para-hydroxylation sites is 1. The molecule has 5 rings (SSSR count). The Hall–Kier alpha value is -4.38. The van der Waals surface area contributed by atoms with Crippen LogP contribution in [0.2, 0.25) is 0 Å². The summed E-state index contributed by atoms with van der Waals surface area (Å²) < 4.78 is 13.5. The highest BCUT2D eigenvalue weighted by Gasteiger charge is 2.08. The molecule has 5 nitrogen and oxygen atoms in total. The van der Waals surface area contributed by atoms with E-state index in [2.05, 4.69) is 5.10 Å². The molecule has 0 N–H and O–H groups in total. The molecular weight excluding hydrogens is 412 g/mol. The van der Waals surface area contributed by atoms with E-state index < -0.39 is 0 Å². The van der Waals surface area contributed by atoms with Crippen LogP contribution in [0.15, 0.2) is 101 Å². The van der Waals surface area contributed by atoms with E-state index in [0.29, 0.717) is 28.9 Å². The van der Waals surface area contributed by atoms with Crippen LogP contribution in [0.25, 0.3) is 28.8 Å². The van der Waals surface area contributed by atoms with Crippen molar-refractivity contribution in [3.05, 3.63) is 124 Å². The smallest absolute Gasteiger partial charge is 0.199 e. The molecule has 3 aromatic carbocycles. The van der Waals surface area contributed by atoms with Gasteiger partial charge in [-0.2, -0.15) is 5.10 Å². The van der Waals surface area contributed by atoms with Gasteiger partial charge in [0.25, 0.3) is 0 Å². The predicted molar refractivity (Wildman–Crippen MR) is 130 cm³/mol. The number of fused-ring (bicyclic) bond motifs is 1. The zero-order chi connectivity index (χ0) is 22.6. The first kappa shape index (κ1) is 20.5. The molecule has 2 heterocycles. The van der Waals surface area contributed by atoms with Crippen LogP contribution >= 0.6 is 0 Å². The first-order valence-electron chi connectivity index (χ1n) is 10.7. The molecule has 0 saturated carbocycles. The Morgan fingerprint density at radius 3 is 2.64 bits per heavy atom. The minimum Gasteiger partial charge on any atom is -0.489 e. The summed E-state index contributed by atoms with van der Waals surface area (Å²) in [6, 6.07) is 23.3. The van der Waals surface area contributed by atoms with Gasteiger partial charge in [-0.25, -0.2) is 4.68 Å². The van der Waals surface area contributed by atoms with Gasteiger partial charge in [0.15, 0.2) is 5.43 Å². The van der Waals surface area contributed by atoms with Crippen molar-refractivity contribution in [2.75, 3.05) is 0 Å². The largest absolute Gasteiger partial charge is 0.489 e. The lowest BCUT2D eigenvalue weighted by atomic mass is 10.1. The average molecular weight is 434 g/mol. The third kappa shape index (κ3) is 4.62. The second kappa shape index (κ2) is 9.01. The van der Waals surface area contributed by atoms with Gasteiger partial charge in [0, 0.05) is 17.8 Å². The van der Waals surface area contributed by atoms with Crippen molar-refractivity contribution < 1.29 is 9.15 Å². The highest BCUT2D eigenvalue weighted by Crippen LogP contribution is 2.21. The standard InChI is InChI=1S/C28H22N2O3/c1-20-7-9-21(10-8-20)11-12-23-19-33-27-15-25(13-14-26(27)28(23)31)32-18-22-16-29-30(17-22)24-5-3-2-4-6-24/h2-17,19H,18H2,1H3/b12-11+. The Kier molecular flexibility index (Phi) is 5.60. The molecule has 0 amide bonds. The zero-order valence-electron chi connectivity index (χ0n) is 18.1. The molecule has 5 heteroatoms. The van der Waals surface area contributed by atoms with Crippen LogP contribution in [0.1, 0.15) is 22.3 Å². The first-order chi connectivity index (χ1) is 16.2. The number of ether oxygens (including phenoxy) is 1. The van der Waals surface area contributed by atoms with Gasteiger partial charge in [0.1, 0.15) is 24.2 Å². The summed E-state index contributed by atoms with van der Waals surface area (Å²) >= 11 is 0. The number of nitrogens with zero attached hydrogens (tertiary/aromatic N) is 2. The number of benzene rings is 3. The van der Waals surface area contributed by atoms with Crippen molar-refractivity contribution >= 4 is 23.1 Å². The normalized spacial score (nSPS) is 11.3. The summed E-state index contributed by atoms with van der Waals surface area (Å²) in [7, 11) is 0. The van der Waals surface area contributed by atoms with Gasteiger partial charge in [-0.15, -0.1) is 0 Å². The number of rotatable bonds is 6. The van der Waals surface area contributed by atoms with Gasteiger partial charge < -0.3 is 9.15 Å². The fraction of sp³-hybridized carbons (Fsp3) is 0.0714. The number of hydrogen-bond acceptors (Lipinski definition) is 4. The van der Waals surface area contributed by atoms with Crippen LogP contribution in [-0.2, 0) is 6.61 Å². The summed E-state index contributed by atoms with van der Waals surface area (Å²) in [6.07, 6.45) is 8.89. The second-order valence-electron chi connectivity index (χ2n) is 7.84. The summed E-state index contributed by atoms with van der Waals surface area (Å²) in [5, 5.41) is 4.90. The van der Waals surface area contributed by atoms with Crippen LogP contribution in [0.4, 0.5) is 0 Å². The fourth-order valence-corrected chi connectivity index (χ4v) is 3.52. The van der Waals surface area contributed by atoms with E-state index in [4.69, 9.17) is 9.15 Å². The maximum Gasteiger partial charge on any atom is 0.199 e. The summed E-state index contributed by atoms with van der Waals surface area (Å²) in [5.41, 5.74) is 5.07. The monoisotopic (exact) mass is 434 g/mol. The maximum absolute atomic E-state index is 12.9. The Morgan fingerprint density at radius 1 is 1.00 bits per heavy atom. The maximum atomic E-state index is 12.9. The summed E-state index contributed by atoms with van der Waals surface area (Å²) in [6.45, 7) is 2.40. The van der Waals surface area contributed by atoms with Crippen molar-refractivity contribution in [3.63, 3.8) is 0 Å². The van der Waals surface area contributed by atoms with Crippen LogP contribution < -0.4 is 10.2 Å². The Labute approximate surface area is 191 Å². The number of hydrogen-bond donors (Lipinski definition) is 0. The molecule has 0 unspecified atom stereocenters. The average Bonchev–Trinajstić information content (AvgIpc) is 3.33. The number of aromatic nitrogens is 2. The molecule has 162 valence electrons. The molecule has 0 atom stereocenters. The lowest BCUT2D eigenvalue weighted by Gasteiger charge is -2.06. The van der Waals surface area contributed by atoms with E-state index in [-0.39, 0.29) is 5.43 Å². The van der Waals surface area contributed by atoms with E-state index >= 15 is 0 Å². The van der Waals surface area contributed by atoms with Crippen molar-refractivity contribution in [3.8, 4) is 11.4 Å². The quantitative estimate of drug-likeness (QED) is 0.327. The highest BCUT2D eigenvalue weighted by atomic mass is 16.5. The third-order valence-corrected chi connectivity index (χ3v) is 5.37. The van der Waals surface area contributed by atoms with Gasteiger partial charge in [0.05, 0.1) is 22.8 Å². The minimum absolute atomic E-state index is 0.0738. The molecule has 0 radical (unpaired) electrons. The molecule has 2 aromatic heterocycles. The molecule has 5 aromatic rings. The lowest BCUT2D eigenvalue weighted by Crippen LogP contribution is -2.05. The molecule has 0 spiro atoms. The van der Waals surface area contributed by atoms with Crippen LogP contribution in [0.5, 0.6) is 5.75 Å². The van der Waals surface area contributed by atoms with E-state index in [1.807, 2.05) is 78.5 Å². The fourth-order valence-electron chi connectivity index (χ4n) is 3.52. The van der Waals surface area contributed by atoms with E-state index in [1.54, 1.807) is 30.5 Å². The predicted octanol–water partition coefficient (Wildman–Crippen LogP) is 6.04. The SMILES string of the molecule is Cc1ccc(/C=C/c2coc3cc(OCc4cnn(-c5ccccc5)c4)ccc3c2=O)cc1. The van der Waals surface area contributed by atoms with E-state index in [9.17, 15) is 4.79 Å². The van der Waals surface area contributed by atoms with Crippen LogP contribution in [0.3, 0.4) is 0 Å². The van der Waals surface area contributed by atoms with E-state index in [0.717, 1.165) is 16.8 Å². The van der Waals surface area contributed by atoms with Gasteiger partial charge in [-0.05, 0) is 42.8 Å².